The Hall–Kier alpha value is -4.85. The van der Waals surface area contributed by atoms with E-state index in [0.29, 0.717) is 24.3 Å². The van der Waals surface area contributed by atoms with Gasteiger partial charge < -0.3 is 15.2 Å². The van der Waals surface area contributed by atoms with Gasteiger partial charge in [0.1, 0.15) is 5.75 Å². The lowest BCUT2D eigenvalue weighted by Crippen LogP contribution is -2.99. The minimum Gasteiger partial charge on any atom is -0.595 e. The molecule has 0 bridgehead atoms. The van der Waals surface area contributed by atoms with Crippen LogP contribution in [-0.4, -0.2) is 35.1 Å². The van der Waals surface area contributed by atoms with Gasteiger partial charge in [-0.2, -0.15) is 15.8 Å². The van der Waals surface area contributed by atoms with Gasteiger partial charge in [-0.25, -0.2) is 10.6 Å². The van der Waals surface area contributed by atoms with Crippen LogP contribution in [0.1, 0.15) is 34.3 Å². The van der Waals surface area contributed by atoms with Crippen LogP contribution in [0.4, 0.5) is 17.1 Å². The highest BCUT2D eigenvalue weighted by atomic mass is 35.5. The van der Waals surface area contributed by atoms with Gasteiger partial charge >= 0.3 is 0 Å². The average Bonchev–Trinajstić information content (AvgIpc) is 2.95. The Morgan fingerprint density at radius 3 is 2.33 bits per heavy atom. The molecular formula is C27H25ClN8O4. The molecule has 1 unspecified atom stereocenters. The molecule has 3 rings (SSSR count). The summed E-state index contributed by atoms with van der Waals surface area (Å²) in [4.78, 5) is 14.7. The Balaban J connectivity index is 1.97. The van der Waals surface area contributed by atoms with Crippen LogP contribution in [0, 0.1) is 34.8 Å². The number of benzene rings is 3. The van der Waals surface area contributed by atoms with Gasteiger partial charge in [0.2, 0.25) is 5.84 Å². The van der Waals surface area contributed by atoms with Crippen LogP contribution in [0.25, 0.3) is 0 Å². The molecule has 0 saturated carbocycles. The van der Waals surface area contributed by atoms with Gasteiger partial charge in [0.05, 0.1) is 36.2 Å². The van der Waals surface area contributed by atoms with Crippen molar-refractivity contribution in [3.05, 3.63) is 87.6 Å². The standard InChI is InChI=1S/C27H25ClN8O4/c1-18-16-22(35(14-2-12-29)15-3-13-30)9-10-23(18)26(32-31-20-5-7-21(8-6-20)36(39)40)33-34-27(38)24-17-19(28)4-11-25(24)37/h4-11,16-17,36-37,39H,2-3,14-15H2,1H3,(H,34,38)/b32-31?,33-26-. The second-order valence-electron chi connectivity index (χ2n) is 8.39. The molecular weight excluding hydrogens is 536 g/mol. The van der Waals surface area contributed by atoms with Crippen LogP contribution in [0.3, 0.4) is 0 Å². The van der Waals surface area contributed by atoms with Crippen molar-refractivity contribution in [1.29, 1.82) is 10.5 Å². The van der Waals surface area contributed by atoms with E-state index in [1.807, 2.05) is 17.9 Å². The number of carbonyl (C=O) groups is 1. The first kappa shape index (κ1) is 29.7. The van der Waals surface area contributed by atoms with Crippen LogP contribution in [0.5, 0.6) is 5.75 Å². The summed E-state index contributed by atoms with van der Waals surface area (Å²) < 4.78 is 0. The number of phenols is 1. The van der Waals surface area contributed by atoms with Gasteiger partial charge in [-0.05, 0) is 61.0 Å². The predicted octanol–water partition coefficient (Wildman–Crippen LogP) is 4.27. The first-order valence-corrected chi connectivity index (χ1v) is 12.3. The highest BCUT2D eigenvalue weighted by molar-refractivity contribution is 6.31. The van der Waals surface area contributed by atoms with Crippen molar-refractivity contribution in [3.63, 3.8) is 0 Å². The maximum Gasteiger partial charge on any atom is 0.275 e. The number of aromatic hydroxyl groups is 1. The van der Waals surface area contributed by atoms with E-state index in [-0.39, 0.29) is 40.7 Å². The van der Waals surface area contributed by atoms with Crippen molar-refractivity contribution in [2.75, 3.05) is 18.0 Å². The fourth-order valence-electron chi connectivity index (χ4n) is 3.60. The third kappa shape index (κ3) is 8.07. The molecule has 0 radical (unpaired) electrons. The average molecular weight is 561 g/mol. The van der Waals surface area contributed by atoms with E-state index in [1.165, 1.54) is 42.5 Å². The van der Waals surface area contributed by atoms with Crippen LogP contribution in [-0.2, 0) is 0 Å². The van der Waals surface area contributed by atoms with Crippen LogP contribution in [0.2, 0.25) is 5.02 Å². The summed E-state index contributed by atoms with van der Waals surface area (Å²) in [5.41, 5.74) is 4.74. The number of anilines is 1. The van der Waals surface area contributed by atoms with Gasteiger partial charge in [0.15, 0.2) is 5.69 Å². The molecule has 0 aliphatic heterocycles. The third-order valence-corrected chi connectivity index (χ3v) is 5.88. The summed E-state index contributed by atoms with van der Waals surface area (Å²) in [5.74, 6) is -0.983. The van der Waals surface area contributed by atoms with Crippen molar-refractivity contribution in [2.24, 2.45) is 15.3 Å². The number of azo groups is 1. The second-order valence-corrected chi connectivity index (χ2v) is 8.83. The van der Waals surface area contributed by atoms with Gasteiger partial charge in [0.25, 0.3) is 5.91 Å². The normalized spacial score (nSPS) is 12.0. The molecule has 0 fully saturated rings. The summed E-state index contributed by atoms with van der Waals surface area (Å²) in [6.07, 6.45) is 0.576. The Morgan fingerprint density at radius 2 is 1.73 bits per heavy atom. The molecule has 13 heteroatoms. The lowest BCUT2D eigenvalue weighted by atomic mass is 10.1. The number of hydrogen-bond donors (Lipinski definition) is 4. The summed E-state index contributed by atoms with van der Waals surface area (Å²) in [6.45, 7) is 2.70. The lowest BCUT2D eigenvalue weighted by Gasteiger charge is -2.23. The molecule has 3 aromatic rings. The zero-order valence-corrected chi connectivity index (χ0v) is 22.1. The first-order chi connectivity index (χ1) is 19.2. The zero-order chi connectivity index (χ0) is 29.1. The quantitative estimate of drug-likeness (QED) is 0.123. The molecule has 12 nitrogen and oxygen atoms in total. The number of phenolic OH excluding ortho intramolecular Hbond substituents is 1. The molecule has 0 aliphatic carbocycles. The van der Waals surface area contributed by atoms with Gasteiger partial charge in [-0.15, -0.1) is 15.3 Å². The fraction of sp³-hybridized carbons (Fsp3) is 0.185. The lowest BCUT2D eigenvalue weighted by molar-refractivity contribution is -0.991. The van der Waals surface area contributed by atoms with Crippen LogP contribution >= 0.6 is 11.6 Å². The summed E-state index contributed by atoms with van der Waals surface area (Å²) in [7, 11) is 0. The van der Waals surface area contributed by atoms with Crippen LogP contribution < -0.4 is 15.6 Å². The molecule has 40 heavy (non-hydrogen) atoms. The highest BCUT2D eigenvalue weighted by Gasteiger charge is 2.15. The molecule has 1 amide bonds. The molecule has 3 aromatic carbocycles. The van der Waals surface area contributed by atoms with E-state index < -0.39 is 11.1 Å². The Kier molecular flexibility index (Phi) is 10.7. The molecule has 204 valence electrons. The third-order valence-electron chi connectivity index (χ3n) is 5.64. The zero-order valence-electron chi connectivity index (χ0n) is 21.4. The Bertz CT molecular complexity index is 1480. The van der Waals surface area contributed by atoms with Crippen LogP contribution in [0.15, 0.2) is 76.0 Å². The van der Waals surface area contributed by atoms with E-state index >= 15 is 0 Å². The number of hydrogen-bond acceptors (Lipinski definition) is 9. The largest absolute Gasteiger partial charge is 0.595 e. The Labute approximate surface area is 235 Å². The molecule has 0 spiro atoms. The number of nitrogens with one attached hydrogen (secondary N) is 2. The number of nitriles is 2. The molecule has 0 aliphatic rings. The molecule has 0 heterocycles. The van der Waals surface area contributed by atoms with Crippen molar-refractivity contribution in [2.45, 2.75) is 19.8 Å². The van der Waals surface area contributed by atoms with Gasteiger partial charge in [-0.3, -0.25) is 4.79 Å². The highest BCUT2D eigenvalue weighted by Crippen LogP contribution is 2.23. The van der Waals surface area contributed by atoms with E-state index in [4.69, 9.17) is 27.3 Å². The number of halogens is 1. The summed E-state index contributed by atoms with van der Waals surface area (Å²) in [5, 5.41) is 60.0. The van der Waals surface area contributed by atoms with E-state index in [0.717, 1.165) is 11.3 Å². The smallest absolute Gasteiger partial charge is 0.275 e. The van der Waals surface area contributed by atoms with E-state index in [9.17, 15) is 15.1 Å². The second kappa shape index (κ2) is 14.3. The van der Waals surface area contributed by atoms with E-state index in [1.54, 1.807) is 12.1 Å². The van der Waals surface area contributed by atoms with Crippen molar-refractivity contribution in [3.8, 4) is 17.9 Å². The van der Waals surface area contributed by atoms with Crippen molar-refractivity contribution < 1.29 is 20.3 Å². The number of nitrogens with zero attached hydrogens (tertiary/aromatic N) is 6. The first-order valence-electron chi connectivity index (χ1n) is 11.9. The number of rotatable bonds is 10. The minimum atomic E-state index is -1.08. The maximum absolute atomic E-state index is 12.7. The minimum absolute atomic E-state index is 0.0295. The number of amides is 1. The maximum atomic E-state index is 12.7. The fourth-order valence-corrected chi connectivity index (χ4v) is 3.77. The Morgan fingerprint density at radius 1 is 1.05 bits per heavy atom. The summed E-state index contributed by atoms with van der Waals surface area (Å²) in [6, 6.07) is 19.3. The SMILES string of the molecule is Cc1cc(N(CCC#N)CCC#N)ccc1/C(N=Nc1ccc([NH+]([O-])O)cc1)=N/NC(=O)c1cc(Cl)ccc1O. The van der Waals surface area contributed by atoms with Gasteiger partial charge in [-0.1, -0.05) is 11.6 Å². The van der Waals surface area contributed by atoms with Crippen molar-refractivity contribution in [1.82, 2.24) is 5.43 Å². The summed E-state index contributed by atoms with van der Waals surface area (Å²) >= 11 is 5.96. The number of amidine groups is 1. The molecule has 0 saturated heterocycles. The topological polar surface area (TPSA) is 185 Å². The predicted molar refractivity (Wildman–Crippen MR) is 148 cm³/mol. The van der Waals surface area contributed by atoms with E-state index in [2.05, 4.69) is 32.9 Å². The number of quaternary nitrogens is 1. The van der Waals surface area contributed by atoms with Crippen molar-refractivity contribution >= 4 is 40.4 Å². The molecule has 0 aromatic heterocycles. The van der Waals surface area contributed by atoms with Gasteiger partial charge in [0, 0.05) is 41.5 Å². The molecule has 1 atom stereocenters. The molecule has 4 N–H and O–H groups in total. The number of carbonyl (C=O) groups excluding carboxylic acids is 1. The number of hydrazone groups is 1. The number of aryl methyl sites for hydroxylation is 1. The monoisotopic (exact) mass is 560 g/mol.